The van der Waals surface area contributed by atoms with E-state index in [1.807, 2.05) is 24.3 Å². The summed E-state index contributed by atoms with van der Waals surface area (Å²) in [5.41, 5.74) is 7.94. The number of halogens is 3. The van der Waals surface area contributed by atoms with Crippen LogP contribution in [-0.2, 0) is 0 Å². The molecule has 0 saturated carbocycles. The maximum atomic E-state index is 6.15. The highest BCUT2D eigenvalue weighted by Crippen LogP contribution is 2.27. The molecule has 1 atom stereocenters. The fourth-order valence-electron chi connectivity index (χ4n) is 1.65. The predicted molar refractivity (Wildman–Crippen MR) is 73.9 cm³/mol. The summed E-state index contributed by atoms with van der Waals surface area (Å²) in [6, 6.07) is 12.4. The summed E-state index contributed by atoms with van der Waals surface area (Å²) in [7, 11) is 0. The molecule has 0 aliphatic rings. The molecule has 0 radical (unpaired) electrons. The molecule has 88 valence electrons. The average molecular weight is 287 g/mol. The van der Waals surface area contributed by atoms with E-state index in [0.717, 1.165) is 11.1 Å². The molecule has 0 heterocycles. The van der Waals surface area contributed by atoms with Gasteiger partial charge in [0.05, 0.1) is 6.04 Å². The number of nitrogens with two attached hydrogens (primary N) is 1. The van der Waals surface area contributed by atoms with E-state index in [1.54, 1.807) is 18.2 Å². The van der Waals surface area contributed by atoms with Crippen LogP contribution in [0.3, 0.4) is 0 Å². The summed E-state index contributed by atoms with van der Waals surface area (Å²) in [6.45, 7) is 0. The second kappa shape index (κ2) is 5.28. The summed E-state index contributed by atoms with van der Waals surface area (Å²) in [5, 5.41) is 1.81. The molecule has 0 aromatic heterocycles. The summed E-state index contributed by atoms with van der Waals surface area (Å²) < 4.78 is 0. The Labute approximate surface area is 115 Å². The van der Waals surface area contributed by atoms with Gasteiger partial charge in [-0.2, -0.15) is 0 Å². The minimum Gasteiger partial charge on any atom is -0.320 e. The molecule has 2 aromatic carbocycles. The number of benzene rings is 2. The Morgan fingerprint density at radius 1 is 0.765 bits per heavy atom. The largest absolute Gasteiger partial charge is 0.320 e. The highest BCUT2D eigenvalue weighted by atomic mass is 35.5. The van der Waals surface area contributed by atoms with Crippen molar-refractivity contribution in [2.24, 2.45) is 5.73 Å². The Kier molecular flexibility index (Phi) is 3.95. The van der Waals surface area contributed by atoms with E-state index in [0.29, 0.717) is 15.1 Å². The van der Waals surface area contributed by atoms with Gasteiger partial charge in [0.15, 0.2) is 0 Å². The molecule has 0 aliphatic heterocycles. The van der Waals surface area contributed by atoms with E-state index in [4.69, 9.17) is 40.5 Å². The van der Waals surface area contributed by atoms with Crippen molar-refractivity contribution in [1.82, 2.24) is 0 Å². The molecule has 2 rings (SSSR count). The highest BCUT2D eigenvalue weighted by Gasteiger charge is 2.10. The minimum atomic E-state index is -0.287. The second-order valence-corrected chi connectivity index (χ2v) is 5.04. The molecule has 1 nitrogen and oxygen atoms in total. The zero-order valence-electron chi connectivity index (χ0n) is 8.83. The standard InChI is InChI=1S/C13H10Cl3N/c14-10-3-1-2-8(4-10)13(17)9-5-11(15)7-12(16)6-9/h1-7,13H,17H2. The van der Waals surface area contributed by atoms with Gasteiger partial charge >= 0.3 is 0 Å². The highest BCUT2D eigenvalue weighted by molar-refractivity contribution is 6.34. The van der Waals surface area contributed by atoms with E-state index < -0.39 is 0 Å². The Hall–Kier alpha value is -0.730. The lowest BCUT2D eigenvalue weighted by Gasteiger charge is -2.13. The van der Waals surface area contributed by atoms with Crippen LogP contribution in [0.5, 0.6) is 0 Å². The molecule has 17 heavy (non-hydrogen) atoms. The van der Waals surface area contributed by atoms with Gasteiger partial charge in [-0.25, -0.2) is 0 Å². The molecule has 4 heteroatoms. The van der Waals surface area contributed by atoms with Gasteiger partial charge in [0, 0.05) is 15.1 Å². The van der Waals surface area contributed by atoms with Crippen LogP contribution in [-0.4, -0.2) is 0 Å². The van der Waals surface area contributed by atoms with Crippen molar-refractivity contribution in [3.05, 3.63) is 68.7 Å². The first-order valence-electron chi connectivity index (χ1n) is 5.03. The monoisotopic (exact) mass is 285 g/mol. The smallest absolute Gasteiger partial charge is 0.0553 e. The van der Waals surface area contributed by atoms with Gasteiger partial charge in [-0.05, 0) is 41.5 Å². The molecular formula is C13H10Cl3N. The van der Waals surface area contributed by atoms with Crippen molar-refractivity contribution in [3.63, 3.8) is 0 Å². The predicted octanol–water partition coefficient (Wildman–Crippen LogP) is 4.69. The lowest BCUT2D eigenvalue weighted by Crippen LogP contribution is -2.11. The first-order chi connectivity index (χ1) is 8.06. The van der Waals surface area contributed by atoms with E-state index in [2.05, 4.69) is 0 Å². The number of rotatable bonds is 2. The number of hydrogen-bond donors (Lipinski definition) is 1. The fraction of sp³-hybridized carbons (Fsp3) is 0.0769. The fourth-order valence-corrected chi connectivity index (χ4v) is 2.39. The lowest BCUT2D eigenvalue weighted by atomic mass is 10.00. The maximum Gasteiger partial charge on any atom is 0.0553 e. The van der Waals surface area contributed by atoms with Gasteiger partial charge in [-0.15, -0.1) is 0 Å². The van der Waals surface area contributed by atoms with Crippen molar-refractivity contribution >= 4 is 34.8 Å². The van der Waals surface area contributed by atoms with Gasteiger partial charge in [0.1, 0.15) is 0 Å². The summed E-state index contributed by atoms with van der Waals surface area (Å²) in [6.07, 6.45) is 0. The molecular weight excluding hydrogens is 277 g/mol. The molecule has 0 amide bonds. The molecule has 0 fully saturated rings. The van der Waals surface area contributed by atoms with Gasteiger partial charge in [-0.1, -0.05) is 46.9 Å². The zero-order chi connectivity index (χ0) is 12.4. The molecule has 2 aromatic rings. The quantitative estimate of drug-likeness (QED) is 0.851. The third kappa shape index (κ3) is 3.14. The Bertz CT molecular complexity index is 520. The first-order valence-corrected chi connectivity index (χ1v) is 6.16. The second-order valence-electron chi connectivity index (χ2n) is 3.74. The maximum absolute atomic E-state index is 6.15. The van der Waals surface area contributed by atoms with Gasteiger partial charge in [0.2, 0.25) is 0 Å². The van der Waals surface area contributed by atoms with Crippen LogP contribution in [0.4, 0.5) is 0 Å². The third-order valence-corrected chi connectivity index (χ3v) is 3.12. The summed E-state index contributed by atoms with van der Waals surface area (Å²) in [5.74, 6) is 0. The van der Waals surface area contributed by atoms with E-state index in [9.17, 15) is 0 Å². The summed E-state index contributed by atoms with van der Waals surface area (Å²) in [4.78, 5) is 0. The van der Waals surface area contributed by atoms with Crippen LogP contribution in [0, 0.1) is 0 Å². The number of hydrogen-bond acceptors (Lipinski definition) is 1. The van der Waals surface area contributed by atoms with E-state index in [-0.39, 0.29) is 6.04 Å². The SMILES string of the molecule is NC(c1cccc(Cl)c1)c1cc(Cl)cc(Cl)c1. The summed E-state index contributed by atoms with van der Waals surface area (Å²) >= 11 is 17.8. The lowest BCUT2D eigenvalue weighted by molar-refractivity contribution is 0.872. The van der Waals surface area contributed by atoms with E-state index >= 15 is 0 Å². The topological polar surface area (TPSA) is 26.0 Å². The van der Waals surface area contributed by atoms with Crippen molar-refractivity contribution in [3.8, 4) is 0 Å². The normalized spacial score (nSPS) is 12.5. The van der Waals surface area contributed by atoms with E-state index in [1.165, 1.54) is 0 Å². The van der Waals surface area contributed by atoms with Gasteiger partial charge in [0.25, 0.3) is 0 Å². The molecule has 2 N–H and O–H groups in total. The van der Waals surface area contributed by atoms with Crippen LogP contribution in [0.15, 0.2) is 42.5 Å². The van der Waals surface area contributed by atoms with Crippen molar-refractivity contribution in [1.29, 1.82) is 0 Å². The molecule has 0 aliphatic carbocycles. The molecule has 0 bridgehead atoms. The molecule has 1 unspecified atom stereocenters. The van der Waals surface area contributed by atoms with Crippen molar-refractivity contribution < 1.29 is 0 Å². The first kappa shape index (κ1) is 12.7. The van der Waals surface area contributed by atoms with Gasteiger partial charge < -0.3 is 5.73 Å². The Morgan fingerprint density at radius 3 is 1.94 bits per heavy atom. The van der Waals surface area contributed by atoms with Crippen LogP contribution in [0.2, 0.25) is 15.1 Å². The van der Waals surface area contributed by atoms with Crippen molar-refractivity contribution in [2.45, 2.75) is 6.04 Å². The van der Waals surface area contributed by atoms with Crippen LogP contribution < -0.4 is 5.73 Å². The van der Waals surface area contributed by atoms with Crippen LogP contribution >= 0.6 is 34.8 Å². The zero-order valence-corrected chi connectivity index (χ0v) is 11.1. The average Bonchev–Trinajstić information content (AvgIpc) is 2.26. The van der Waals surface area contributed by atoms with Crippen LogP contribution in [0.25, 0.3) is 0 Å². The Morgan fingerprint density at radius 2 is 1.35 bits per heavy atom. The van der Waals surface area contributed by atoms with Crippen LogP contribution in [0.1, 0.15) is 17.2 Å². The minimum absolute atomic E-state index is 0.287. The third-order valence-electron chi connectivity index (χ3n) is 2.45. The Balaban J connectivity index is 2.39. The van der Waals surface area contributed by atoms with Crippen molar-refractivity contribution in [2.75, 3.05) is 0 Å². The molecule has 0 spiro atoms. The van der Waals surface area contributed by atoms with Gasteiger partial charge in [-0.3, -0.25) is 0 Å². The molecule has 0 saturated heterocycles.